The Hall–Kier alpha value is -1.32. The molecular weight excluding hydrogens is 184 g/mol. The van der Waals surface area contributed by atoms with Gasteiger partial charge in [0.2, 0.25) is 0 Å². The minimum Gasteiger partial charge on any atom is -0.550 e. The van der Waals surface area contributed by atoms with Crippen molar-refractivity contribution in [2.24, 2.45) is 23.7 Å². The molecule has 0 aromatic heterocycles. The first-order valence-corrected chi connectivity index (χ1v) is 4.62. The van der Waals surface area contributed by atoms with Gasteiger partial charge in [0.15, 0.2) is 0 Å². The molecule has 4 nitrogen and oxygen atoms in total. The van der Waals surface area contributed by atoms with E-state index in [9.17, 15) is 14.7 Å². The van der Waals surface area contributed by atoms with E-state index in [4.69, 9.17) is 0 Å². The average Bonchev–Trinajstić information content (AvgIpc) is 2.74. The molecule has 14 heavy (non-hydrogen) atoms. The van der Waals surface area contributed by atoms with Gasteiger partial charge in [0.1, 0.15) is 0 Å². The number of allylic oxidation sites excluding steroid dienone is 2. The van der Waals surface area contributed by atoms with Crippen LogP contribution in [0.2, 0.25) is 0 Å². The smallest absolute Gasteiger partial charge is 0.309 e. The number of fused-ring (bicyclic) bond motifs is 2. The maximum Gasteiger partial charge on any atom is 0.309 e. The highest BCUT2D eigenvalue weighted by Gasteiger charge is 2.49. The van der Waals surface area contributed by atoms with Crippen LogP contribution in [0.4, 0.5) is 0 Å². The molecule has 1 fully saturated rings. The van der Waals surface area contributed by atoms with Crippen molar-refractivity contribution in [3.05, 3.63) is 12.2 Å². The Morgan fingerprint density at radius 1 is 1.29 bits per heavy atom. The third-order valence-corrected chi connectivity index (χ3v) is 3.20. The van der Waals surface area contributed by atoms with E-state index in [1.165, 1.54) is 7.11 Å². The molecule has 2 rings (SSSR count). The van der Waals surface area contributed by atoms with Crippen LogP contribution in [0.15, 0.2) is 12.2 Å². The van der Waals surface area contributed by atoms with Gasteiger partial charge in [0, 0.05) is 11.9 Å². The molecule has 2 bridgehead atoms. The zero-order valence-electron chi connectivity index (χ0n) is 7.80. The normalized spacial score (nSPS) is 38.6. The summed E-state index contributed by atoms with van der Waals surface area (Å²) in [5, 5.41) is 10.9. The maximum absolute atomic E-state index is 11.4. The number of carboxylic acid groups (broad SMARTS) is 1. The highest BCUT2D eigenvalue weighted by atomic mass is 16.5. The van der Waals surface area contributed by atoms with Crippen LogP contribution in [-0.2, 0) is 14.3 Å². The Labute approximate surface area is 81.6 Å². The highest BCUT2D eigenvalue weighted by molar-refractivity contribution is 5.82. The molecule has 0 heterocycles. The van der Waals surface area contributed by atoms with Gasteiger partial charge < -0.3 is 14.6 Å². The number of carboxylic acids is 1. The van der Waals surface area contributed by atoms with Gasteiger partial charge in [-0.05, 0) is 18.3 Å². The SMILES string of the molecule is COC(=O)[C@@H]1[C@@H](C(=O)[O-])[C@H]2C=C[C@@H]1C2. The number of carbonyl (C=O) groups excluding carboxylic acids is 2. The topological polar surface area (TPSA) is 66.4 Å². The standard InChI is InChI=1S/C10H12O4/c1-14-10(13)8-6-3-2-5(4-6)7(8)9(11)12/h2-3,5-8H,4H2,1H3,(H,11,12)/p-1/t5-,6+,7-,8-/m0/s1. The summed E-state index contributed by atoms with van der Waals surface area (Å²) >= 11 is 0. The molecule has 4 atom stereocenters. The summed E-state index contributed by atoms with van der Waals surface area (Å²) in [6.07, 6.45) is 4.51. The van der Waals surface area contributed by atoms with Gasteiger partial charge in [0.25, 0.3) is 0 Å². The number of aliphatic carboxylic acids is 1. The van der Waals surface area contributed by atoms with Crippen LogP contribution in [0.25, 0.3) is 0 Å². The highest BCUT2D eigenvalue weighted by Crippen LogP contribution is 2.48. The maximum atomic E-state index is 11.4. The molecule has 0 aliphatic heterocycles. The summed E-state index contributed by atoms with van der Waals surface area (Å²) in [7, 11) is 1.28. The van der Waals surface area contributed by atoms with Crippen LogP contribution in [0, 0.1) is 23.7 Å². The summed E-state index contributed by atoms with van der Waals surface area (Å²) in [5.41, 5.74) is 0. The molecule has 0 N–H and O–H groups in total. The zero-order valence-corrected chi connectivity index (χ0v) is 7.80. The van der Waals surface area contributed by atoms with Crippen molar-refractivity contribution >= 4 is 11.9 Å². The van der Waals surface area contributed by atoms with Gasteiger partial charge in [0.05, 0.1) is 13.0 Å². The van der Waals surface area contributed by atoms with E-state index in [0.717, 1.165) is 6.42 Å². The Morgan fingerprint density at radius 2 is 1.86 bits per heavy atom. The third kappa shape index (κ3) is 1.14. The second kappa shape index (κ2) is 3.12. The van der Waals surface area contributed by atoms with Crippen LogP contribution in [0.1, 0.15) is 6.42 Å². The predicted molar refractivity (Wildman–Crippen MR) is 44.7 cm³/mol. The van der Waals surface area contributed by atoms with E-state index in [2.05, 4.69) is 4.74 Å². The second-order valence-corrected chi connectivity index (χ2v) is 3.84. The molecule has 1 saturated carbocycles. The van der Waals surface area contributed by atoms with Crippen molar-refractivity contribution < 1.29 is 19.4 Å². The van der Waals surface area contributed by atoms with Crippen molar-refractivity contribution in [1.82, 2.24) is 0 Å². The van der Waals surface area contributed by atoms with E-state index in [1.807, 2.05) is 12.2 Å². The minimum absolute atomic E-state index is 0.0235. The number of carbonyl (C=O) groups is 2. The largest absolute Gasteiger partial charge is 0.550 e. The number of methoxy groups -OCH3 is 1. The lowest BCUT2D eigenvalue weighted by atomic mass is 9.83. The molecule has 0 saturated heterocycles. The molecule has 76 valence electrons. The summed E-state index contributed by atoms with van der Waals surface area (Å²) in [6, 6.07) is 0. The lowest BCUT2D eigenvalue weighted by Crippen LogP contribution is -2.41. The van der Waals surface area contributed by atoms with Crippen molar-refractivity contribution in [3.8, 4) is 0 Å². The predicted octanol–water partition coefficient (Wildman–Crippen LogP) is -0.652. The van der Waals surface area contributed by atoms with Crippen LogP contribution in [0.3, 0.4) is 0 Å². The lowest BCUT2D eigenvalue weighted by Gasteiger charge is -2.26. The van der Waals surface area contributed by atoms with E-state index >= 15 is 0 Å². The number of esters is 1. The zero-order chi connectivity index (χ0) is 10.3. The average molecular weight is 195 g/mol. The van der Waals surface area contributed by atoms with Gasteiger partial charge in [-0.3, -0.25) is 4.79 Å². The van der Waals surface area contributed by atoms with Crippen molar-refractivity contribution in [2.45, 2.75) is 6.42 Å². The van der Waals surface area contributed by atoms with Crippen LogP contribution in [0.5, 0.6) is 0 Å². The summed E-state index contributed by atoms with van der Waals surface area (Å²) in [4.78, 5) is 22.2. The van der Waals surface area contributed by atoms with Crippen molar-refractivity contribution in [2.75, 3.05) is 7.11 Å². The van der Waals surface area contributed by atoms with E-state index in [0.29, 0.717) is 0 Å². The molecule has 0 spiro atoms. The summed E-state index contributed by atoms with van der Waals surface area (Å²) in [5.74, 6) is -2.84. The Balaban J connectivity index is 2.26. The van der Waals surface area contributed by atoms with Crippen molar-refractivity contribution in [1.29, 1.82) is 0 Å². The first kappa shape index (κ1) is 9.24. The molecule has 0 amide bonds. The van der Waals surface area contributed by atoms with Gasteiger partial charge in [-0.1, -0.05) is 12.2 Å². The molecule has 2 aliphatic carbocycles. The van der Waals surface area contributed by atoms with E-state index in [-0.39, 0.29) is 11.8 Å². The molecule has 2 aliphatic rings. The molecule has 0 radical (unpaired) electrons. The van der Waals surface area contributed by atoms with Crippen molar-refractivity contribution in [3.63, 3.8) is 0 Å². The lowest BCUT2D eigenvalue weighted by molar-refractivity contribution is -0.314. The van der Waals surface area contributed by atoms with Crippen LogP contribution < -0.4 is 5.11 Å². The molecule has 4 heteroatoms. The number of rotatable bonds is 2. The minimum atomic E-state index is -1.14. The summed E-state index contributed by atoms with van der Waals surface area (Å²) in [6.45, 7) is 0. The van der Waals surface area contributed by atoms with Gasteiger partial charge in [-0.25, -0.2) is 0 Å². The number of hydrogen-bond acceptors (Lipinski definition) is 4. The van der Waals surface area contributed by atoms with E-state index < -0.39 is 23.8 Å². The van der Waals surface area contributed by atoms with E-state index in [1.54, 1.807) is 0 Å². The fraction of sp³-hybridized carbons (Fsp3) is 0.600. The number of ether oxygens (including phenoxy) is 1. The molecule has 0 unspecified atom stereocenters. The van der Waals surface area contributed by atoms with Gasteiger partial charge >= 0.3 is 5.97 Å². The molecule has 0 aromatic carbocycles. The first-order valence-electron chi connectivity index (χ1n) is 4.62. The monoisotopic (exact) mass is 195 g/mol. The van der Waals surface area contributed by atoms with Crippen LogP contribution >= 0.6 is 0 Å². The quantitative estimate of drug-likeness (QED) is 0.433. The first-order chi connectivity index (χ1) is 6.65. The Kier molecular flexibility index (Phi) is 2.06. The molecule has 0 aromatic rings. The second-order valence-electron chi connectivity index (χ2n) is 3.84. The summed E-state index contributed by atoms with van der Waals surface area (Å²) < 4.78 is 4.60. The van der Waals surface area contributed by atoms with Crippen LogP contribution in [-0.4, -0.2) is 19.0 Å². The number of hydrogen-bond donors (Lipinski definition) is 0. The third-order valence-electron chi connectivity index (χ3n) is 3.20. The fourth-order valence-corrected chi connectivity index (χ4v) is 2.60. The fourth-order valence-electron chi connectivity index (χ4n) is 2.60. The Bertz CT molecular complexity index is 307. The molecular formula is C10H11O4-. The van der Waals surface area contributed by atoms with Gasteiger partial charge in [-0.15, -0.1) is 0 Å². The van der Waals surface area contributed by atoms with Gasteiger partial charge in [-0.2, -0.15) is 0 Å². The Morgan fingerprint density at radius 3 is 2.36 bits per heavy atom.